The lowest BCUT2D eigenvalue weighted by molar-refractivity contribution is -0.131. The van der Waals surface area contributed by atoms with Crippen LogP contribution in [0.5, 0.6) is 0 Å². The standard InChI is InChI=1S/C17H25N5O2/c1-10-8-18-15(19-10)9-21(6)16(24)7-11(2)22-13(4)17(14(5)23)12(3)20-22/h8,11H,7,9H2,1-6H3,(H,18,19)/t11-/m0/s1. The molecule has 2 rings (SSSR count). The maximum Gasteiger partial charge on any atom is 0.224 e. The summed E-state index contributed by atoms with van der Waals surface area (Å²) >= 11 is 0. The Morgan fingerprint density at radius 1 is 1.33 bits per heavy atom. The molecule has 0 aliphatic carbocycles. The van der Waals surface area contributed by atoms with E-state index in [1.54, 1.807) is 22.8 Å². The average Bonchev–Trinajstić information content (AvgIpc) is 3.01. The number of hydrogen-bond donors (Lipinski definition) is 1. The molecular weight excluding hydrogens is 306 g/mol. The van der Waals surface area contributed by atoms with Gasteiger partial charge >= 0.3 is 0 Å². The van der Waals surface area contributed by atoms with E-state index in [-0.39, 0.29) is 17.7 Å². The van der Waals surface area contributed by atoms with E-state index in [4.69, 9.17) is 0 Å². The van der Waals surface area contributed by atoms with Crippen LogP contribution >= 0.6 is 0 Å². The molecule has 0 radical (unpaired) electrons. The molecule has 0 aromatic carbocycles. The Labute approximate surface area is 142 Å². The summed E-state index contributed by atoms with van der Waals surface area (Å²) in [7, 11) is 1.76. The van der Waals surface area contributed by atoms with Crippen LogP contribution < -0.4 is 0 Å². The first-order valence-electron chi connectivity index (χ1n) is 8.01. The van der Waals surface area contributed by atoms with E-state index in [2.05, 4.69) is 15.1 Å². The van der Waals surface area contributed by atoms with Crippen LogP contribution in [0.15, 0.2) is 6.20 Å². The lowest BCUT2D eigenvalue weighted by Gasteiger charge is -2.20. The lowest BCUT2D eigenvalue weighted by Crippen LogP contribution is -2.29. The monoisotopic (exact) mass is 331 g/mol. The van der Waals surface area contributed by atoms with Gasteiger partial charge in [-0.15, -0.1) is 0 Å². The fourth-order valence-corrected chi connectivity index (χ4v) is 2.96. The molecule has 0 aliphatic heterocycles. The van der Waals surface area contributed by atoms with Crippen LogP contribution in [-0.2, 0) is 11.3 Å². The maximum atomic E-state index is 12.5. The minimum Gasteiger partial charge on any atom is -0.345 e. The fraction of sp³-hybridized carbons (Fsp3) is 0.529. The zero-order chi connectivity index (χ0) is 18.0. The third-order valence-electron chi connectivity index (χ3n) is 4.13. The molecule has 130 valence electrons. The predicted octanol–water partition coefficient (Wildman–Crippen LogP) is 2.34. The maximum absolute atomic E-state index is 12.5. The zero-order valence-corrected chi connectivity index (χ0v) is 15.2. The first-order chi connectivity index (χ1) is 11.2. The zero-order valence-electron chi connectivity index (χ0n) is 15.2. The van der Waals surface area contributed by atoms with Crippen molar-refractivity contribution in [3.8, 4) is 0 Å². The number of nitrogens with zero attached hydrogens (tertiary/aromatic N) is 4. The molecular formula is C17H25N5O2. The van der Waals surface area contributed by atoms with Crippen molar-refractivity contribution in [3.05, 3.63) is 34.7 Å². The topological polar surface area (TPSA) is 83.9 Å². The number of aromatic nitrogens is 4. The Morgan fingerprint density at radius 3 is 2.50 bits per heavy atom. The van der Waals surface area contributed by atoms with Gasteiger partial charge in [0.05, 0.1) is 23.8 Å². The van der Waals surface area contributed by atoms with Gasteiger partial charge in [-0.05, 0) is 34.6 Å². The largest absolute Gasteiger partial charge is 0.345 e. The molecule has 0 aliphatic rings. The molecule has 2 aromatic rings. The predicted molar refractivity (Wildman–Crippen MR) is 90.8 cm³/mol. The highest BCUT2D eigenvalue weighted by Crippen LogP contribution is 2.20. The molecule has 7 heteroatoms. The van der Waals surface area contributed by atoms with Gasteiger partial charge < -0.3 is 9.88 Å². The van der Waals surface area contributed by atoms with Gasteiger partial charge in [-0.2, -0.15) is 5.10 Å². The molecule has 2 heterocycles. The summed E-state index contributed by atoms with van der Waals surface area (Å²) in [5, 5.41) is 4.44. The van der Waals surface area contributed by atoms with Crippen molar-refractivity contribution >= 4 is 11.7 Å². The molecule has 1 atom stereocenters. The number of H-pyrrole nitrogens is 1. The number of nitrogens with one attached hydrogen (secondary N) is 1. The van der Waals surface area contributed by atoms with Crippen molar-refractivity contribution in [2.45, 2.75) is 53.6 Å². The normalized spacial score (nSPS) is 12.2. The number of rotatable bonds is 6. The van der Waals surface area contributed by atoms with Crippen LogP contribution in [0.2, 0.25) is 0 Å². The molecule has 2 aromatic heterocycles. The van der Waals surface area contributed by atoms with E-state index < -0.39 is 0 Å². The minimum atomic E-state index is -0.120. The smallest absolute Gasteiger partial charge is 0.224 e. The second kappa shape index (κ2) is 6.98. The Morgan fingerprint density at radius 2 is 2.00 bits per heavy atom. The highest BCUT2D eigenvalue weighted by Gasteiger charge is 2.21. The van der Waals surface area contributed by atoms with Gasteiger partial charge in [0.15, 0.2) is 5.78 Å². The number of carbonyl (C=O) groups is 2. The number of imidazole rings is 1. The van der Waals surface area contributed by atoms with E-state index in [1.807, 2.05) is 27.7 Å². The van der Waals surface area contributed by atoms with Gasteiger partial charge in [0.1, 0.15) is 5.82 Å². The van der Waals surface area contributed by atoms with E-state index in [0.717, 1.165) is 17.2 Å². The van der Waals surface area contributed by atoms with E-state index in [0.29, 0.717) is 24.2 Å². The molecule has 0 saturated carbocycles. The summed E-state index contributed by atoms with van der Waals surface area (Å²) in [6.45, 7) is 9.53. The molecule has 0 unspecified atom stereocenters. The van der Waals surface area contributed by atoms with Crippen molar-refractivity contribution in [2.24, 2.45) is 0 Å². The van der Waals surface area contributed by atoms with Crippen molar-refractivity contribution in [2.75, 3.05) is 7.05 Å². The summed E-state index contributed by atoms with van der Waals surface area (Å²) in [6.07, 6.45) is 2.06. The Kier molecular flexibility index (Phi) is 5.21. The minimum absolute atomic E-state index is 0.0000776. The summed E-state index contributed by atoms with van der Waals surface area (Å²) in [5.41, 5.74) is 3.13. The van der Waals surface area contributed by atoms with Gasteiger partial charge in [0.2, 0.25) is 5.91 Å². The number of aryl methyl sites for hydroxylation is 2. The second-order valence-electron chi connectivity index (χ2n) is 6.36. The second-order valence-corrected chi connectivity index (χ2v) is 6.36. The number of aromatic amines is 1. The van der Waals surface area contributed by atoms with Crippen LogP contribution in [0.3, 0.4) is 0 Å². The average molecular weight is 331 g/mol. The van der Waals surface area contributed by atoms with Crippen molar-refractivity contribution in [3.63, 3.8) is 0 Å². The van der Waals surface area contributed by atoms with Crippen molar-refractivity contribution in [1.82, 2.24) is 24.6 Å². The quantitative estimate of drug-likeness (QED) is 0.824. The molecule has 24 heavy (non-hydrogen) atoms. The van der Waals surface area contributed by atoms with Crippen LogP contribution in [0.25, 0.3) is 0 Å². The Hall–Kier alpha value is -2.44. The van der Waals surface area contributed by atoms with Crippen LogP contribution in [0, 0.1) is 20.8 Å². The van der Waals surface area contributed by atoms with Crippen molar-refractivity contribution < 1.29 is 9.59 Å². The SMILES string of the molecule is CC(=O)c1c(C)nn([C@@H](C)CC(=O)N(C)Cc2ncc(C)[nH]2)c1C. The van der Waals surface area contributed by atoms with Gasteiger partial charge in [-0.25, -0.2) is 4.98 Å². The number of carbonyl (C=O) groups excluding carboxylic acids is 2. The first kappa shape index (κ1) is 17.9. The van der Waals surface area contributed by atoms with Gasteiger partial charge in [-0.1, -0.05) is 0 Å². The summed E-state index contributed by atoms with van der Waals surface area (Å²) < 4.78 is 1.77. The number of amides is 1. The van der Waals surface area contributed by atoms with Gasteiger partial charge in [0, 0.05) is 31.1 Å². The van der Waals surface area contributed by atoms with Crippen molar-refractivity contribution in [1.29, 1.82) is 0 Å². The summed E-state index contributed by atoms with van der Waals surface area (Å²) in [6, 6.07) is -0.120. The molecule has 1 amide bonds. The molecule has 0 saturated heterocycles. The van der Waals surface area contributed by atoms with Gasteiger partial charge in [-0.3, -0.25) is 14.3 Å². The number of ketones is 1. The summed E-state index contributed by atoms with van der Waals surface area (Å²) in [4.78, 5) is 33.2. The molecule has 1 N–H and O–H groups in total. The van der Waals surface area contributed by atoms with Crippen LogP contribution in [0.1, 0.15) is 59.6 Å². The molecule has 0 fully saturated rings. The molecule has 0 bridgehead atoms. The molecule has 0 spiro atoms. The fourth-order valence-electron chi connectivity index (χ4n) is 2.96. The van der Waals surface area contributed by atoms with Crippen LogP contribution in [0.4, 0.5) is 0 Å². The molecule has 7 nitrogen and oxygen atoms in total. The Bertz CT molecular complexity index is 759. The third-order valence-corrected chi connectivity index (χ3v) is 4.13. The number of hydrogen-bond acceptors (Lipinski definition) is 4. The van der Waals surface area contributed by atoms with E-state index >= 15 is 0 Å². The number of Topliss-reactive ketones (excluding diaryl/α,β-unsaturated/α-hetero) is 1. The first-order valence-corrected chi connectivity index (χ1v) is 8.01. The highest BCUT2D eigenvalue weighted by atomic mass is 16.2. The van der Waals surface area contributed by atoms with Gasteiger partial charge in [0.25, 0.3) is 0 Å². The third kappa shape index (κ3) is 3.72. The van der Waals surface area contributed by atoms with Crippen LogP contribution in [-0.4, -0.2) is 43.4 Å². The highest BCUT2D eigenvalue weighted by molar-refractivity contribution is 5.96. The lowest BCUT2D eigenvalue weighted by atomic mass is 10.1. The summed E-state index contributed by atoms with van der Waals surface area (Å²) in [5.74, 6) is 0.773. The van der Waals surface area contributed by atoms with E-state index in [9.17, 15) is 9.59 Å². The Balaban J connectivity index is 2.06. The van der Waals surface area contributed by atoms with E-state index in [1.165, 1.54) is 6.92 Å².